The Balaban J connectivity index is 2.02. The zero-order valence-electron chi connectivity index (χ0n) is 8.34. The summed E-state index contributed by atoms with van der Waals surface area (Å²) in [5, 5.41) is 0.787. The molecule has 82 valence electrons. The van der Waals surface area contributed by atoms with Gasteiger partial charge in [-0.15, -0.1) is 0 Å². The van der Waals surface area contributed by atoms with E-state index in [0.717, 1.165) is 22.1 Å². The lowest BCUT2D eigenvalue weighted by Gasteiger charge is -2.18. The molecule has 3 rings (SSSR count). The van der Waals surface area contributed by atoms with Gasteiger partial charge in [0.25, 0.3) is 0 Å². The van der Waals surface area contributed by atoms with E-state index in [2.05, 4.69) is 9.36 Å². The molecule has 0 aliphatic carbocycles. The molecule has 1 aromatic heterocycles. The zero-order chi connectivity index (χ0) is 11.0. The number of rotatable bonds is 1. The molecular formula is C10H9N3O2S. The van der Waals surface area contributed by atoms with E-state index in [-0.39, 0.29) is 0 Å². The van der Waals surface area contributed by atoms with Crippen molar-refractivity contribution < 1.29 is 9.47 Å². The summed E-state index contributed by atoms with van der Waals surface area (Å²) < 4.78 is 14.9. The number of hydrogen-bond donors (Lipinski definition) is 1. The van der Waals surface area contributed by atoms with E-state index >= 15 is 0 Å². The number of fused-ring (bicyclic) bond motifs is 1. The standard InChI is InChI=1S/C10H9N3O2S/c11-10-12-9(16-13-10)6-1-2-7-8(5-6)15-4-3-14-7/h1-2,5H,3-4H2,(H2,11,13). The number of nitrogens with two attached hydrogens (primary N) is 1. The second-order valence-corrected chi connectivity index (χ2v) is 4.07. The molecule has 0 amide bonds. The fraction of sp³-hybridized carbons (Fsp3) is 0.200. The van der Waals surface area contributed by atoms with E-state index in [4.69, 9.17) is 15.2 Å². The van der Waals surface area contributed by atoms with Crippen LogP contribution in [0.5, 0.6) is 11.5 Å². The maximum absolute atomic E-state index is 5.49. The molecule has 2 aromatic rings. The van der Waals surface area contributed by atoms with E-state index in [1.807, 2.05) is 18.2 Å². The highest BCUT2D eigenvalue weighted by molar-refractivity contribution is 7.09. The van der Waals surface area contributed by atoms with Gasteiger partial charge in [0.05, 0.1) is 0 Å². The van der Waals surface area contributed by atoms with Gasteiger partial charge in [-0.1, -0.05) is 0 Å². The molecule has 0 bridgehead atoms. The van der Waals surface area contributed by atoms with Gasteiger partial charge >= 0.3 is 0 Å². The van der Waals surface area contributed by atoms with Crippen LogP contribution in [0.25, 0.3) is 10.6 Å². The Morgan fingerprint density at radius 1 is 1.19 bits per heavy atom. The van der Waals surface area contributed by atoms with Crippen molar-refractivity contribution in [2.75, 3.05) is 18.9 Å². The number of anilines is 1. The van der Waals surface area contributed by atoms with Crippen molar-refractivity contribution >= 4 is 17.5 Å². The number of ether oxygens (including phenoxy) is 2. The van der Waals surface area contributed by atoms with E-state index < -0.39 is 0 Å². The average Bonchev–Trinajstić information content (AvgIpc) is 2.75. The predicted molar refractivity (Wildman–Crippen MR) is 60.7 cm³/mol. The van der Waals surface area contributed by atoms with Crippen molar-refractivity contribution in [3.63, 3.8) is 0 Å². The number of aromatic nitrogens is 2. The van der Waals surface area contributed by atoms with Crippen LogP contribution in [-0.4, -0.2) is 22.6 Å². The first kappa shape index (κ1) is 9.41. The molecule has 0 radical (unpaired) electrons. The van der Waals surface area contributed by atoms with Crippen LogP contribution in [0, 0.1) is 0 Å². The summed E-state index contributed by atoms with van der Waals surface area (Å²) in [5.41, 5.74) is 6.43. The van der Waals surface area contributed by atoms with Gasteiger partial charge in [0.2, 0.25) is 5.95 Å². The van der Waals surface area contributed by atoms with Gasteiger partial charge in [-0.3, -0.25) is 0 Å². The Bertz CT molecular complexity index is 527. The summed E-state index contributed by atoms with van der Waals surface area (Å²) in [6, 6.07) is 5.70. The quantitative estimate of drug-likeness (QED) is 0.812. The molecule has 0 saturated carbocycles. The molecule has 16 heavy (non-hydrogen) atoms. The van der Waals surface area contributed by atoms with Gasteiger partial charge in [-0.2, -0.15) is 9.36 Å². The van der Waals surface area contributed by atoms with Gasteiger partial charge in [-0.05, 0) is 29.7 Å². The minimum absolute atomic E-state index is 0.301. The minimum Gasteiger partial charge on any atom is -0.486 e. The Morgan fingerprint density at radius 2 is 2.00 bits per heavy atom. The van der Waals surface area contributed by atoms with Gasteiger partial charge in [0.15, 0.2) is 11.5 Å². The zero-order valence-corrected chi connectivity index (χ0v) is 9.16. The second-order valence-electron chi connectivity index (χ2n) is 3.32. The maximum Gasteiger partial charge on any atom is 0.232 e. The topological polar surface area (TPSA) is 70.3 Å². The Morgan fingerprint density at radius 3 is 2.75 bits per heavy atom. The molecule has 1 aromatic carbocycles. The highest BCUT2D eigenvalue weighted by Gasteiger charge is 2.13. The van der Waals surface area contributed by atoms with Crippen molar-refractivity contribution in [1.82, 2.24) is 9.36 Å². The summed E-state index contributed by atoms with van der Waals surface area (Å²) in [6.07, 6.45) is 0. The fourth-order valence-corrected chi connectivity index (χ4v) is 2.12. The Labute approximate surface area is 96.0 Å². The van der Waals surface area contributed by atoms with E-state index in [9.17, 15) is 0 Å². The van der Waals surface area contributed by atoms with Crippen molar-refractivity contribution in [1.29, 1.82) is 0 Å². The van der Waals surface area contributed by atoms with Crippen LogP contribution in [0.4, 0.5) is 5.95 Å². The highest BCUT2D eigenvalue weighted by atomic mass is 32.1. The predicted octanol–water partition coefficient (Wildman–Crippen LogP) is 1.56. The van der Waals surface area contributed by atoms with Gasteiger partial charge in [-0.25, -0.2) is 0 Å². The molecule has 0 unspecified atom stereocenters. The summed E-state index contributed by atoms with van der Waals surface area (Å²) >= 11 is 1.27. The SMILES string of the molecule is Nc1nsc(-c2ccc3c(c2)OCCO3)n1. The van der Waals surface area contributed by atoms with Crippen LogP contribution < -0.4 is 15.2 Å². The fourth-order valence-electron chi connectivity index (χ4n) is 1.53. The van der Waals surface area contributed by atoms with Crippen LogP contribution in [0.1, 0.15) is 0 Å². The van der Waals surface area contributed by atoms with Crippen LogP contribution in [0.3, 0.4) is 0 Å². The summed E-state index contributed by atoms with van der Waals surface area (Å²) in [7, 11) is 0. The summed E-state index contributed by atoms with van der Waals surface area (Å²) in [6.45, 7) is 1.17. The molecule has 1 aliphatic rings. The summed E-state index contributed by atoms with van der Waals surface area (Å²) in [4.78, 5) is 4.12. The molecule has 2 heterocycles. The molecule has 0 fully saturated rings. The van der Waals surface area contributed by atoms with Gasteiger partial charge < -0.3 is 15.2 Å². The van der Waals surface area contributed by atoms with E-state index in [1.165, 1.54) is 11.5 Å². The number of nitrogens with zero attached hydrogens (tertiary/aromatic N) is 2. The first-order valence-electron chi connectivity index (χ1n) is 4.82. The van der Waals surface area contributed by atoms with Crippen LogP contribution in [0.2, 0.25) is 0 Å². The third-order valence-electron chi connectivity index (χ3n) is 2.23. The lowest BCUT2D eigenvalue weighted by Crippen LogP contribution is -2.15. The normalized spacial score (nSPS) is 13.8. The molecule has 2 N–H and O–H groups in total. The molecule has 0 atom stereocenters. The smallest absolute Gasteiger partial charge is 0.232 e. The summed E-state index contributed by atoms with van der Waals surface area (Å²) in [5.74, 6) is 1.82. The molecule has 1 aliphatic heterocycles. The first-order valence-corrected chi connectivity index (χ1v) is 5.59. The lowest BCUT2D eigenvalue weighted by molar-refractivity contribution is 0.171. The third kappa shape index (κ3) is 1.57. The second kappa shape index (κ2) is 3.64. The van der Waals surface area contributed by atoms with Crippen molar-refractivity contribution in [3.8, 4) is 22.1 Å². The number of benzene rings is 1. The molecule has 0 spiro atoms. The average molecular weight is 235 g/mol. The maximum atomic E-state index is 5.49. The minimum atomic E-state index is 0.301. The Hall–Kier alpha value is -1.82. The third-order valence-corrected chi connectivity index (χ3v) is 3.01. The van der Waals surface area contributed by atoms with Crippen molar-refractivity contribution in [2.45, 2.75) is 0 Å². The van der Waals surface area contributed by atoms with Gasteiger partial charge in [0, 0.05) is 5.56 Å². The van der Waals surface area contributed by atoms with Crippen LogP contribution in [0.15, 0.2) is 18.2 Å². The van der Waals surface area contributed by atoms with Crippen LogP contribution >= 0.6 is 11.5 Å². The lowest BCUT2D eigenvalue weighted by atomic mass is 10.2. The van der Waals surface area contributed by atoms with E-state index in [1.54, 1.807) is 0 Å². The number of nitrogen functional groups attached to an aromatic ring is 1. The Kier molecular flexibility index (Phi) is 2.14. The van der Waals surface area contributed by atoms with Crippen LogP contribution in [-0.2, 0) is 0 Å². The number of hydrogen-bond acceptors (Lipinski definition) is 6. The van der Waals surface area contributed by atoms with E-state index in [0.29, 0.717) is 19.2 Å². The molecular weight excluding hydrogens is 226 g/mol. The monoisotopic (exact) mass is 235 g/mol. The molecule has 6 heteroatoms. The van der Waals surface area contributed by atoms with Crippen molar-refractivity contribution in [3.05, 3.63) is 18.2 Å². The first-order chi connectivity index (χ1) is 7.83. The molecule has 0 saturated heterocycles. The molecule has 5 nitrogen and oxygen atoms in total. The van der Waals surface area contributed by atoms with Gasteiger partial charge in [0.1, 0.15) is 18.2 Å². The highest BCUT2D eigenvalue weighted by Crippen LogP contribution is 2.34. The largest absolute Gasteiger partial charge is 0.486 e. The van der Waals surface area contributed by atoms with Crippen molar-refractivity contribution in [2.24, 2.45) is 0 Å².